The van der Waals surface area contributed by atoms with Gasteiger partial charge in [0, 0.05) is 6.20 Å². The van der Waals surface area contributed by atoms with Gasteiger partial charge < -0.3 is 39.7 Å². The Hall–Kier alpha value is -1.76. The lowest BCUT2D eigenvalue weighted by atomic mass is 9.98. The topological polar surface area (TPSA) is 246 Å². The van der Waals surface area contributed by atoms with Crippen molar-refractivity contribution in [3.8, 4) is 12.3 Å². The van der Waals surface area contributed by atoms with E-state index in [2.05, 4.69) is 29.0 Å². The van der Waals surface area contributed by atoms with Gasteiger partial charge in [-0.3, -0.25) is 4.52 Å². The number of ether oxygens (including phenoxy) is 1. The van der Waals surface area contributed by atoms with Crippen LogP contribution in [-0.2, 0) is 31.6 Å². The van der Waals surface area contributed by atoms with Crippen LogP contribution in [0.3, 0.4) is 0 Å². The van der Waals surface area contributed by atoms with E-state index in [1.54, 1.807) is 0 Å². The molecule has 0 radical (unpaired) electrons. The number of nitrogens with zero attached hydrogens (tertiary/aromatic N) is 3. The fraction of sp³-hybridized carbons (Fsp3) is 0.429. The Labute approximate surface area is 189 Å². The van der Waals surface area contributed by atoms with Gasteiger partial charge in [0.1, 0.15) is 30.0 Å². The van der Waals surface area contributed by atoms with Crippen LogP contribution >= 0.6 is 23.5 Å². The molecule has 0 aliphatic carbocycles. The maximum atomic E-state index is 15.5. The predicted molar refractivity (Wildman–Crippen MR) is 109 cm³/mol. The molecule has 1 aliphatic rings. The van der Waals surface area contributed by atoms with Crippen LogP contribution in [0.1, 0.15) is 18.7 Å². The highest BCUT2D eigenvalue weighted by atomic mass is 31.3. The number of nitrogens with two attached hydrogens (primary N) is 1. The minimum Gasteiger partial charge on any atom is -0.387 e. The second-order valence-electron chi connectivity index (χ2n) is 7.06. The first-order valence-electron chi connectivity index (χ1n) is 8.86. The van der Waals surface area contributed by atoms with Crippen LogP contribution < -0.4 is 5.73 Å². The summed E-state index contributed by atoms with van der Waals surface area (Å²) in [5, 5.41) is 10.6. The smallest absolute Gasteiger partial charge is 0.387 e. The van der Waals surface area contributed by atoms with Crippen molar-refractivity contribution >= 4 is 40.3 Å². The molecule has 0 saturated carbocycles. The van der Waals surface area contributed by atoms with Crippen molar-refractivity contribution in [1.82, 2.24) is 14.5 Å². The molecule has 16 nitrogen and oxygen atoms in total. The summed E-state index contributed by atoms with van der Waals surface area (Å²) in [4.78, 5) is 43.6. The maximum Gasteiger partial charge on any atom is 0.490 e. The summed E-state index contributed by atoms with van der Waals surface area (Å²) >= 11 is 0. The summed E-state index contributed by atoms with van der Waals surface area (Å²) in [6.07, 6.45) is 2.59. The summed E-state index contributed by atoms with van der Waals surface area (Å²) in [5.41, 5.74) is 3.52. The molecule has 0 bridgehead atoms. The average Bonchev–Trinajstić information content (AvgIpc) is 3.14. The summed E-state index contributed by atoms with van der Waals surface area (Å²) in [6.45, 7) is -0.113. The Morgan fingerprint density at radius 3 is 2.50 bits per heavy atom. The maximum absolute atomic E-state index is 15.5. The van der Waals surface area contributed by atoms with E-state index in [-0.39, 0.29) is 22.4 Å². The summed E-state index contributed by atoms with van der Waals surface area (Å²) < 4.78 is 67.6. The third-order valence-electron chi connectivity index (χ3n) is 4.58. The zero-order valence-corrected chi connectivity index (χ0v) is 19.6. The highest BCUT2D eigenvalue weighted by molar-refractivity contribution is 7.66. The molecule has 0 amide bonds. The molecular formula is C14H18FN4O12P3. The molecule has 0 spiro atoms. The minimum atomic E-state index is -5.76. The molecule has 7 N–H and O–H groups in total. The first kappa shape index (κ1) is 26.8. The molecule has 4 unspecified atom stereocenters. The average molecular weight is 546 g/mol. The van der Waals surface area contributed by atoms with Crippen molar-refractivity contribution < 1.29 is 60.6 Å². The van der Waals surface area contributed by atoms with Gasteiger partial charge in [0.15, 0.2) is 11.9 Å². The van der Waals surface area contributed by atoms with Gasteiger partial charge in [0.25, 0.3) is 0 Å². The minimum absolute atomic E-state index is 0.0000145. The van der Waals surface area contributed by atoms with Gasteiger partial charge in [-0.25, -0.2) is 28.1 Å². The number of anilines is 1. The molecule has 1 aliphatic heterocycles. The number of terminal acetylenes is 1. The van der Waals surface area contributed by atoms with Gasteiger partial charge in [0.05, 0.1) is 17.6 Å². The van der Waals surface area contributed by atoms with E-state index < -0.39 is 54.2 Å². The molecular weight excluding hydrogens is 528 g/mol. The van der Waals surface area contributed by atoms with Crippen LogP contribution in [0, 0.1) is 12.3 Å². The highest BCUT2D eigenvalue weighted by Gasteiger charge is 2.56. The van der Waals surface area contributed by atoms with Crippen molar-refractivity contribution in [3.05, 3.63) is 18.1 Å². The van der Waals surface area contributed by atoms with E-state index in [1.165, 1.54) is 6.20 Å². The quantitative estimate of drug-likeness (QED) is 0.193. The van der Waals surface area contributed by atoms with Crippen molar-refractivity contribution in [1.29, 1.82) is 0 Å². The van der Waals surface area contributed by atoms with Gasteiger partial charge in [-0.2, -0.15) is 8.62 Å². The van der Waals surface area contributed by atoms with Crippen molar-refractivity contribution in [2.24, 2.45) is 0 Å². The van der Waals surface area contributed by atoms with E-state index in [4.69, 9.17) is 26.7 Å². The third-order valence-corrected chi connectivity index (χ3v) is 8.38. The SMILES string of the molecule is C#Cc1cn(C2OC(COP(=O)(O)OP(=O)(O)OP(=O)(O)O)[C@@H](O)[C@@]2(C)F)c2ncnc(N)c12. The molecule has 34 heavy (non-hydrogen) atoms. The Bertz CT molecular complexity index is 1290. The number of fused-ring (bicyclic) bond motifs is 1. The molecule has 3 heterocycles. The number of aliphatic hydroxyl groups is 1. The Balaban J connectivity index is 1.81. The van der Waals surface area contributed by atoms with Gasteiger partial charge in [-0.1, -0.05) is 5.92 Å². The number of hydrogen-bond acceptors (Lipinski definition) is 11. The monoisotopic (exact) mass is 546 g/mol. The number of aromatic nitrogens is 3. The van der Waals surface area contributed by atoms with Crippen LogP contribution in [0.2, 0.25) is 0 Å². The van der Waals surface area contributed by atoms with E-state index in [1.807, 2.05) is 0 Å². The van der Waals surface area contributed by atoms with E-state index in [0.29, 0.717) is 0 Å². The van der Waals surface area contributed by atoms with Gasteiger partial charge in [-0.05, 0) is 6.92 Å². The Morgan fingerprint density at radius 2 is 1.91 bits per heavy atom. The lowest BCUT2D eigenvalue weighted by Gasteiger charge is -2.25. The van der Waals surface area contributed by atoms with Crippen LogP contribution in [0.5, 0.6) is 0 Å². The number of halogens is 1. The van der Waals surface area contributed by atoms with Gasteiger partial charge in [-0.15, -0.1) is 6.42 Å². The number of aliphatic hydroxyl groups excluding tert-OH is 1. The fourth-order valence-electron chi connectivity index (χ4n) is 3.22. The van der Waals surface area contributed by atoms with E-state index in [0.717, 1.165) is 17.8 Å². The molecule has 2 aromatic heterocycles. The number of nitrogen functional groups attached to an aromatic ring is 1. The summed E-state index contributed by atoms with van der Waals surface area (Å²) in [7, 11) is -16.9. The van der Waals surface area contributed by atoms with Crippen molar-refractivity contribution in [2.75, 3.05) is 12.3 Å². The fourth-order valence-corrected chi connectivity index (χ4v) is 6.25. The predicted octanol–water partition coefficient (Wildman–Crippen LogP) is 0.325. The second-order valence-corrected chi connectivity index (χ2v) is 11.5. The number of alkyl halides is 1. The van der Waals surface area contributed by atoms with Crippen LogP contribution in [0.4, 0.5) is 10.2 Å². The molecule has 2 aromatic rings. The molecule has 1 saturated heterocycles. The second kappa shape index (κ2) is 9.03. The molecule has 0 aromatic carbocycles. The van der Waals surface area contributed by atoms with Gasteiger partial charge in [0.2, 0.25) is 0 Å². The van der Waals surface area contributed by atoms with Crippen LogP contribution in [0.15, 0.2) is 12.5 Å². The molecule has 1 fully saturated rings. The first-order chi connectivity index (χ1) is 15.5. The summed E-state index contributed by atoms with van der Waals surface area (Å²) in [5.74, 6) is 2.34. The standard InChI is InChI=1S/C14H18FN4O12P3/c1-3-7-4-19(12-9(7)11(16)17-6-18-12)13-14(2,15)10(20)8(29-13)5-28-33(24,25)31-34(26,27)30-32(21,22)23/h1,4,6,8,10,13,20H,5H2,2H3,(H,24,25)(H,26,27)(H2,16,17,18)(H2,21,22,23)/t8?,10-,13?,14-/m1/s1. The lowest BCUT2D eigenvalue weighted by Crippen LogP contribution is -2.40. The van der Waals surface area contributed by atoms with Gasteiger partial charge >= 0.3 is 23.5 Å². The molecule has 188 valence electrons. The Morgan fingerprint density at radius 1 is 1.26 bits per heavy atom. The first-order valence-corrected chi connectivity index (χ1v) is 13.4. The molecule has 20 heteroatoms. The number of rotatable bonds is 8. The van der Waals surface area contributed by atoms with E-state index >= 15 is 4.39 Å². The van der Waals surface area contributed by atoms with Crippen molar-refractivity contribution in [3.63, 3.8) is 0 Å². The third kappa shape index (κ3) is 5.55. The lowest BCUT2D eigenvalue weighted by molar-refractivity contribution is -0.0557. The highest BCUT2D eigenvalue weighted by Crippen LogP contribution is 2.66. The normalized spacial score (nSPS) is 28.9. The molecule has 6 atom stereocenters. The largest absolute Gasteiger partial charge is 0.490 e. The number of phosphoric ester groups is 1. The van der Waals surface area contributed by atoms with Crippen LogP contribution in [-0.4, -0.2) is 63.7 Å². The number of phosphoric acid groups is 3. The zero-order valence-electron chi connectivity index (χ0n) is 16.9. The van der Waals surface area contributed by atoms with Crippen molar-refractivity contribution in [2.45, 2.75) is 31.0 Å². The number of hydrogen-bond donors (Lipinski definition) is 6. The zero-order chi connectivity index (χ0) is 25.7. The summed E-state index contributed by atoms with van der Waals surface area (Å²) in [6, 6.07) is 0. The molecule has 3 rings (SSSR count). The Kier molecular flexibility index (Phi) is 7.13. The van der Waals surface area contributed by atoms with E-state index in [9.17, 15) is 28.6 Å². The van der Waals surface area contributed by atoms with Crippen LogP contribution in [0.25, 0.3) is 11.0 Å².